The van der Waals surface area contributed by atoms with E-state index in [0.29, 0.717) is 37.0 Å². The molecule has 1 N–H and O–H groups in total. The van der Waals surface area contributed by atoms with Crippen LogP contribution in [-0.4, -0.2) is 73.7 Å². The number of carboxylic acid groups (broad SMARTS) is 1. The highest BCUT2D eigenvalue weighted by Crippen LogP contribution is 2.23. The molecule has 0 saturated heterocycles. The summed E-state index contributed by atoms with van der Waals surface area (Å²) in [7, 11) is 0. The molecule has 0 unspecified atom stereocenters. The summed E-state index contributed by atoms with van der Waals surface area (Å²) < 4.78 is 40.1. The van der Waals surface area contributed by atoms with Crippen molar-refractivity contribution >= 4 is 42.2 Å². The van der Waals surface area contributed by atoms with E-state index in [1.165, 1.54) is 72.8 Å². The second kappa shape index (κ2) is 29.8. The third kappa shape index (κ3) is 20.2. The van der Waals surface area contributed by atoms with Crippen LogP contribution in [0.2, 0.25) is 0 Å². The molecule has 0 heterocycles. The van der Waals surface area contributed by atoms with Gasteiger partial charge in [0.2, 0.25) is 0 Å². The normalized spacial score (nSPS) is 9.82. The first-order valence-corrected chi connectivity index (χ1v) is 20.8. The number of unbranched alkanes of at least 4 members (excludes halogenated alkanes) is 2. The van der Waals surface area contributed by atoms with Crippen molar-refractivity contribution in [2.24, 2.45) is 0 Å². The van der Waals surface area contributed by atoms with E-state index in [-0.39, 0.29) is 54.8 Å². The van der Waals surface area contributed by atoms with Gasteiger partial charge in [-0.15, -0.1) is 0 Å². The second-order valence-corrected chi connectivity index (χ2v) is 13.1. The van der Waals surface area contributed by atoms with Gasteiger partial charge in [-0.3, -0.25) is 0 Å². The standard InChI is InChI=1S/C34H28O9.C15H16O7.C2H6/c1-2-31(35)39-22-6-7-23-40-34(38)43-30-16-14-27(15-17-30)33(37)42-29-20-18-28(19-21-29)41-32(36)26-12-10-25(11-13-26)24-8-4-3-5-9-24;1-2-13(16)20-9-3-4-10-21-15(19)22-12-7-5-11(6-8-12)14(17)18;1-2/h2-5,8-21H,1,6-7,22-23H2;2,5-8H,1,3-4,9-10H2,(H,17,18);1-2H3. The lowest BCUT2D eigenvalue weighted by Gasteiger charge is -2.08. The number of ether oxygens (including phenoxy) is 8. The number of benzene rings is 5. The van der Waals surface area contributed by atoms with Crippen molar-refractivity contribution in [3.63, 3.8) is 0 Å². The maximum absolute atomic E-state index is 12.6. The number of hydrogen-bond donors (Lipinski definition) is 1. The van der Waals surface area contributed by atoms with E-state index >= 15 is 0 Å². The molecule has 0 spiro atoms. The maximum Gasteiger partial charge on any atom is 0.513 e. The first-order chi connectivity index (χ1) is 32.4. The Balaban J connectivity index is 0.000000418. The van der Waals surface area contributed by atoms with Crippen molar-refractivity contribution in [2.75, 3.05) is 26.4 Å². The molecule has 5 aromatic rings. The highest BCUT2D eigenvalue weighted by molar-refractivity contribution is 5.92. The molecule has 5 rings (SSSR count). The summed E-state index contributed by atoms with van der Waals surface area (Å²) >= 11 is 0. The number of aromatic carboxylic acids is 1. The molecule has 0 aliphatic carbocycles. The predicted octanol–water partition coefficient (Wildman–Crippen LogP) is 10.3. The molecule has 0 saturated carbocycles. The van der Waals surface area contributed by atoms with Gasteiger partial charge in [0.05, 0.1) is 43.1 Å². The van der Waals surface area contributed by atoms with Crippen molar-refractivity contribution < 1.29 is 76.6 Å². The molecular formula is C51H50O16. The van der Waals surface area contributed by atoms with Crippen LogP contribution in [0.1, 0.15) is 70.6 Å². The van der Waals surface area contributed by atoms with Gasteiger partial charge >= 0.3 is 42.2 Å². The summed E-state index contributed by atoms with van der Waals surface area (Å²) in [6.07, 6.45) is 2.42. The Morgan fingerprint density at radius 1 is 0.418 bits per heavy atom. The number of rotatable bonds is 20. The van der Waals surface area contributed by atoms with E-state index < -0.39 is 42.2 Å². The van der Waals surface area contributed by atoms with Crippen LogP contribution in [0.4, 0.5) is 9.59 Å². The fraction of sp³-hybridized carbons (Fsp3) is 0.196. The molecule has 0 aliphatic rings. The van der Waals surface area contributed by atoms with Gasteiger partial charge in [-0.2, -0.15) is 0 Å². The SMILES string of the molecule is C=CC(=O)OCCCCOC(=O)Oc1ccc(C(=O)O)cc1.C=CC(=O)OCCCCOC(=O)Oc1ccc(C(=O)Oc2ccc(OC(=O)c3ccc(-c4ccccc4)cc3)cc2)cc1.CC. The number of esters is 4. The van der Waals surface area contributed by atoms with Crippen LogP contribution in [0.25, 0.3) is 11.1 Å². The van der Waals surface area contributed by atoms with Crippen LogP contribution in [-0.2, 0) is 28.5 Å². The molecule has 16 heteroatoms. The van der Waals surface area contributed by atoms with Gasteiger partial charge in [0.1, 0.15) is 23.0 Å². The number of carbonyl (C=O) groups excluding carboxylic acids is 6. The average molecular weight is 919 g/mol. The van der Waals surface area contributed by atoms with Gasteiger partial charge in [-0.25, -0.2) is 33.6 Å². The second-order valence-electron chi connectivity index (χ2n) is 13.1. The molecule has 0 fully saturated rings. The van der Waals surface area contributed by atoms with E-state index in [1.54, 1.807) is 12.1 Å². The molecule has 67 heavy (non-hydrogen) atoms. The molecule has 350 valence electrons. The van der Waals surface area contributed by atoms with Gasteiger partial charge in [0.15, 0.2) is 0 Å². The van der Waals surface area contributed by atoms with E-state index in [2.05, 4.69) is 13.2 Å². The van der Waals surface area contributed by atoms with E-state index in [1.807, 2.05) is 56.3 Å². The Kier molecular flexibility index (Phi) is 23.5. The third-order valence-electron chi connectivity index (χ3n) is 8.41. The van der Waals surface area contributed by atoms with Crippen LogP contribution >= 0.6 is 0 Å². The van der Waals surface area contributed by atoms with Crippen molar-refractivity contribution in [1.82, 2.24) is 0 Å². The van der Waals surface area contributed by atoms with Gasteiger partial charge < -0.3 is 43.0 Å². The molecule has 0 aliphatic heterocycles. The van der Waals surface area contributed by atoms with Crippen molar-refractivity contribution in [1.29, 1.82) is 0 Å². The van der Waals surface area contributed by atoms with Gasteiger partial charge in [-0.1, -0.05) is 69.5 Å². The van der Waals surface area contributed by atoms with Gasteiger partial charge in [-0.05, 0) is 122 Å². The molecular weight excluding hydrogens is 869 g/mol. The fourth-order valence-corrected chi connectivity index (χ4v) is 5.10. The summed E-state index contributed by atoms with van der Waals surface area (Å²) in [5.74, 6) is -2.29. The molecule has 0 radical (unpaired) electrons. The van der Waals surface area contributed by atoms with Crippen LogP contribution in [0.3, 0.4) is 0 Å². The molecule has 5 aromatic carbocycles. The smallest absolute Gasteiger partial charge is 0.478 e. The number of hydrogen-bond acceptors (Lipinski definition) is 15. The maximum atomic E-state index is 12.6. The van der Waals surface area contributed by atoms with E-state index in [9.17, 15) is 33.6 Å². The Bertz CT molecular complexity index is 2370. The van der Waals surface area contributed by atoms with Crippen LogP contribution in [0.15, 0.2) is 153 Å². The Labute approximate surface area is 387 Å². The number of carboxylic acids is 1. The summed E-state index contributed by atoms with van der Waals surface area (Å²) in [6.45, 7) is 11.2. The van der Waals surface area contributed by atoms with Gasteiger partial charge in [0.25, 0.3) is 0 Å². The highest BCUT2D eigenvalue weighted by Gasteiger charge is 2.14. The lowest BCUT2D eigenvalue weighted by Crippen LogP contribution is -2.12. The van der Waals surface area contributed by atoms with Crippen molar-refractivity contribution in [3.8, 4) is 34.1 Å². The Morgan fingerprint density at radius 3 is 1.10 bits per heavy atom. The fourth-order valence-electron chi connectivity index (χ4n) is 5.10. The summed E-state index contributed by atoms with van der Waals surface area (Å²) in [5, 5.41) is 8.73. The Morgan fingerprint density at radius 2 is 0.731 bits per heavy atom. The summed E-state index contributed by atoms with van der Waals surface area (Å²) in [4.78, 5) is 80.6. The molecule has 0 atom stereocenters. The van der Waals surface area contributed by atoms with E-state index in [0.717, 1.165) is 23.3 Å². The first-order valence-electron chi connectivity index (χ1n) is 20.8. The molecule has 16 nitrogen and oxygen atoms in total. The quantitative estimate of drug-likeness (QED) is 0.0192. The third-order valence-corrected chi connectivity index (χ3v) is 8.41. The van der Waals surface area contributed by atoms with Crippen molar-refractivity contribution in [2.45, 2.75) is 39.5 Å². The minimum Gasteiger partial charge on any atom is -0.478 e. The number of carbonyl (C=O) groups is 7. The van der Waals surface area contributed by atoms with Crippen LogP contribution < -0.4 is 18.9 Å². The minimum atomic E-state index is -1.06. The predicted molar refractivity (Wildman–Crippen MR) is 244 cm³/mol. The van der Waals surface area contributed by atoms with E-state index in [4.69, 9.17) is 43.0 Å². The zero-order chi connectivity index (χ0) is 48.8. The average Bonchev–Trinajstić information content (AvgIpc) is 3.35. The first kappa shape index (κ1) is 52.8. The van der Waals surface area contributed by atoms with Crippen molar-refractivity contribution in [3.05, 3.63) is 169 Å². The largest absolute Gasteiger partial charge is 0.513 e. The zero-order valence-electron chi connectivity index (χ0n) is 36.9. The lowest BCUT2D eigenvalue weighted by molar-refractivity contribution is -0.138. The molecule has 0 aromatic heterocycles. The van der Waals surface area contributed by atoms with Gasteiger partial charge in [0, 0.05) is 12.2 Å². The van der Waals surface area contributed by atoms with Crippen LogP contribution in [0.5, 0.6) is 23.0 Å². The summed E-state index contributed by atoms with van der Waals surface area (Å²) in [5.41, 5.74) is 2.76. The van der Waals surface area contributed by atoms with Crippen LogP contribution in [0, 0.1) is 0 Å². The molecule has 0 amide bonds. The zero-order valence-corrected chi connectivity index (χ0v) is 36.9. The topological polar surface area (TPSA) is 214 Å². The molecule has 0 bridgehead atoms. The minimum absolute atomic E-state index is 0.0920. The highest BCUT2D eigenvalue weighted by atomic mass is 16.7. The lowest BCUT2D eigenvalue weighted by atomic mass is 10.0. The Hall–Kier alpha value is -8.53. The monoisotopic (exact) mass is 918 g/mol. The summed E-state index contributed by atoms with van der Waals surface area (Å²) in [6, 6.07) is 34.1.